The van der Waals surface area contributed by atoms with Gasteiger partial charge < -0.3 is 10.2 Å². The second-order valence-electron chi connectivity index (χ2n) is 5.57. The molecule has 4 heteroatoms. The zero-order chi connectivity index (χ0) is 14.5. The molecule has 1 fully saturated rings. The average molecular weight is 339 g/mol. The molecule has 1 saturated heterocycles. The van der Waals surface area contributed by atoms with Crippen LogP contribution >= 0.6 is 15.9 Å². The lowest BCUT2D eigenvalue weighted by atomic mass is 10.1. The summed E-state index contributed by atoms with van der Waals surface area (Å²) in [4.78, 5) is 14.2. The van der Waals surface area contributed by atoms with Crippen molar-refractivity contribution in [3.63, 3.8) is 0 Å². The van der Waals surface area contributed by atoms with Gasteiger partial charge in [-0.25, -0.2) is 0 Å². The number of aryl methyl sites for hydroxylation is 2. The summed E-state index contributed by atoms with van der Waals surface area (Å²) in [6.07, 6.45) is 4.79. The number of amides is 1. The third-order valence-electron chi connectivity index (χ3n) is 3.84. The summed E-state index contributed by atoms with van der Waals surface area (Å²) >= 11 is 3.56. The molecule has 1 aliphatic rings. The van der Waals surface area contributed by atoms with Crippen LogP contribution < -0.4 is 5.32 Å². The molecule has 1 N–H and O–H groups in total. The van der Waals surface area contributed by atoms with Gasteiger partial charge in [-0.15, -0.1) is 0 Å². The lowest BCUT2D eigenvalue weighted by Crippen LogP contribution is -2.36. The van der Waals surface area contributed by atoms with Gasteiger partial charge >= 0.3 is 0 Å². The van der Waals surface area contributed by atoms with Crippen LogP contribution in [0.1, 0.15) is 36.8 Å². The molecular weight excluding hydrogens is 316 g/mol. The zero-order valence-electron chi connectivity index (χ0n) is 12.3. The molecule has 3 nitrogen and oxygen atoms in total. The van der Waals surface area contributed by atoms with E-state index in [9.17, 15) is 4.79 Å². The highest BCUT2D eigenvalue weighted by molar-refractivity contribution is 9.10. The number of hydrogen-bond donors (Lipinski definition) is 1. The van der Waals surface area contributed by atoms with E-state index in [1.165, 1.54) is 24.0 Å². The normalized spacial score (nSPS) is 15.8. The Morgan fingerprint density at radius 1 is 1.15 bits per heavy atom. The van der Waals surface area contributed by atoms with Crippen molar-refractivity contribution < 1.29 is 4.79 Å². The Morgan fingerprint density at radius 2 is 1.70 bits per heavy atom. The van der Waals surface area contributed by atoms with E-state index in [4.69, 9.17) is 0 Å². The molecule has 0 aromatic heterocycles. The van der Waals surface area contributed by atoms with Gasteiger partial charge in [-0.2, -0.15) is 0 Å². The number of carbonyl (C=O) groups is 1. The topological polar surface area (TPSA) is 32.3 Å². The van der Waals surface area contributed by atoms with Crippen LogP contribution in [0.5, 0.6) is 0 Å². The highest BCUT2D eigenvalue weighted by Crippen LogP contribution is 2.24. The minimum Gasteiger partial charge on any atom is -0.376 e. The van der Waals surface area contributed by atoms with Gasteiger partial charge in [-0.05, 0) is 49.9 Å². The van der Waals surface area contributed by atoms with E-state index in [2.05, 4.69) is 47.2 Å². The first kappa shape index (κ1) is 15.4. The van der Waals surface area contributed by atoms with Gasteiger partial charge in [-0.1, -0.05) is 28.8 Å². The van der Waals surface area contributed by atoms with E-state index in [-0.39, 0.29) is 5.91 Å². The quantitative estimate of drug-likeness (QED) is 0.906. The smallest absolute Gasteiger partial charge is 0.241 e. The summed E-state index contributed by atoms with van der Waals surface area (Å²) in [7, 11) is 0. The summed E-state index contributed by atoms with van der Waals surface area (Å²) in [5.74, 6) is 0.213. The lowest BCUT2D eigenvalue weighted by Gasteiger charge is -2.21. The van der Waals surface area contributed by atoms with Gasteiger partial charge in [-0.3, -0.25) is 4.79 Å². The molecule has 0 saturated carbocycles. The molecule has 1 amide bonds. The van der Waals surface area contributed by atoms with Crippen LogP contribution in [0.2, 0.25) is 0 Å². The Kier molecular flexibility index (Phi) is 5.46. The van der Waals surface area contributed by atoms with E-state index in [1.54, 1.807) is 0 Å². The van der Waals surface area contributed by atoms with Crippen LogP contribution in [-0.4, -0.2) is 30.4 Å². The molecule has 0 bridgehead atoms. The lowest BCUT2D eigenvalue weighted by molar-refractivity contribution is -0.129. The number of rotatable bonds is 3. The molecule has 110 valence electrons. The number of nitrogens with zero attached hydrogens (tertiary/aromatic N) is 1. The van der Waals surface area contributed by atoms with E-state index < -0.39 is 0 Å². The molecule has 1 heterocycles. The molecule has 2 rings (SSSR count). The second kappa shape index (κ2) is 7.11. The van der Waals surface area contributed by atoms with Crippen LogP contribution in [0.15, 0.2) is 16.6 Å². The third kappa shape index (κ3) is 3.98. The first-order valence-corrected chi connectivity index (χ1v) is 8.15. The predicted molar refractivity (Wildman–Crippen MR) is 87.2 cm³/mol. The van der Waals surface area contributed by atoms with E-state index in [1.807, 2.05) is 4.90 Å². The second-order valence-corrected chi connectivity index (χ2v) is 6.37. The highest BCUT2D eigenvalue weighted by Gasteiger charge is 2.15. The molecule has 0 spiro atoms. The van der Waals surface area contributed by atoms with Crippen LogP contribution in [0.3, 0.4) is 0 Å². The summed E-state index contributed by atoms with van der Waals surface area (Å²) in [5, 5.41) is 3.26. The van der Waals surface area contributed by atoms with Gasteiger partial charge in [0.15, 0.2) is 0 Å². The number of halogens is 1. The zero-order valence-corrected chi connectivity index (χ0v) is 13.9. The molecule has 1 aliphatic heterocycles. The van der Waals surface area contributed by atoms with Crippen molar-refractivity contribution in [1.82, 2.24) is 4.90 Å². The van der Waals surface area contributed by atoms with Crippen molar-refractivity contribution in [3.8, 4) is 0 Å². The summed E-state index contributed by atoms with van der Waals surface area (Å²) in [6.45, 7) is 6.36. The first-order valence-electron chi connectivity index (χ1n) is 7.36. The molecule has 20 heavy (non-hydrogen) atoms. The van der Waals surface area contributed by atoms with Gasteiger partial charge in [0.05, 0.1) is 6.54 Å². The molecule has 0 aliphatic carbocycles. The van der Waals surface area contributed by atoms with Crippen molar-refractivity contribution in [2.24, 2.45) is 0 Å². The van der Waals surface area contributed by atoms with Gasteiger partial charge in [0.1, 0.15) is 0 Å². The number of nitrogens with one attached hydrogen (secondary N) is 1. The summed E-state index contributed by atoms with van der Waals surface area (Å²) < 4.78 is 1.14. The number of hydrogen-bond acceptors (Lipinski definition) is 2. The number of likely N-dealkylation sites (tertiary alicyclic amines) is 1. The Labute approximate surface area is 129 Å². The minimum atomic E-state index is 0.213. The van der Waals surface area contributed by atoms with Crippen LogP contribution in [0.4, 0.5) is 5.69 Å². The monoisotopic (exact) mass is 338 g/mol. The fourth-order valence-electron chi connectivity index (χ4n) is 2.66. The SMILES string of the molecule is Cc1cc(NCC(=O)N2CCCCCC2)cc(C)c1Br. The minimum absolute atomic E-state index is 0.213. The average Bonchev–Trinajstić information content (AvgIpc) is 2.71. The molecular formula is C16H23BrN2O. The maximum absolute atomic E-state index is 12.2. The van der Waals surface area contributed by atoms with E-state index in [0.717, 1.165) is 36.1 Å². The number of benzene rings is 1. The van der Waals surface area contributed by atoms with Crippen molar-refractivity contribution in [3.05, 3.63) is 27.7 Å². The van der Waals surface area contributed by atoms with E-state index >= 15 is 0 Å². The van der Waals surface area contributed by atoms with Crippen molar-refractivity contribution in [2.45, 2.75) is 39.5 Å². The van der Waals surface area contributed by atoms with Crippen LogP contribution in [0, 0.1) is 13.8 Å². The first-order chi connectivity index (χ1) is 9.58. The van der Waals surface area contributed by atoms with Crippen LogP contribution in [0.25, 0.3) is 0 Å². The maximum atomic E-state index is 12.2. The summed E-state index contributed by atoms with van der Waals surface area (Å²) in [6, 6.07) is 4.15. The van der Waals surface area contributed by atoms with E-state index in [0.29, 0.717) is 6.54 Å². The van der Waals surface area contributed by atoms with Gasteiger partial charge in [0.25, 0.3) is 0 Å². The molecule has 0 atom stereocenters. The maximum Gasteiger partial charge on any atom is 0.241 e. The van der Waals surface area contributed by atoms with Crippen molar-refractivity contribution >= 4 is 27.5 Å². The summed E-state index contributed by atoms with van der Waals surface area (Å²) in [5.41, 5.74) is 3.40. The Morgan fingerprint density at radius 3 is 2.25 bits per heavy atom. The van der Waals surface area contributed by atoms with Gasteiger partial charge in [0.2, 0.25) is 5.91 Å². The fraction of sp³-hybridized carbons (Fsp3) is 0.562. The standard InChI is InChI=1S/C16H23BrN2O/c1-12-9-14(10-13(2)16(12)17)18-11-15(20)19-7-5-3-4-6-8-19/h9-10,18H,3-8,11H2,1-2H3. The van der Waals surface area contributed by atoms with Crippen molar-refractivity contribution in [1.29, 1.82) is 0 Å². The molecule has 1 aromatic rings. The third-order valence-corrected chi connectivity index (χ3v) is 5.09. The predicted octanol–water partition coefficient (Wildman–Crippen LogP) is 3.88. The Bertz CT molecular complexity index is 456. The van der Waals surface area contributed by atoms with Crippen LogP contribution in [-0.2, 0) is 4.79 Å². The number of anilines is 1. The molecule has 0 radical (unpaired) electrons. The Balaban J connectivity index is 1.92. The number of carbonyl (C=O) groups excluding carboxylic acids is 1. The highest BCUT2D eigenvalue weighted by atomic mass is 79.9. The Hall–Kier alpha value is -1.03. The molecule has 1 aromatic carbocycles. The largest absolute Gasteiger partial charge is 0.376 e. The molecule has 0 unspecified atom stereocenters. The van der Waals surface area contributed by atoms with Crippen molar-refractivity contribution in [2.75, 3.05) is 25.0 Å². The fourth-order valence-corrected chi connectivity index (χ4v) is 2.89. The van der Waals surface area contributed by atoms with Gasteiger partial charge in [0, 0.05) is 23.2 Å².